The number of hydrogen-bond donors (Lipinski definition) is 2. The fourth-order valence-electron chi connectivity index (χ4n) is 2.04. The third kappa shape index (κ3) is 1.46. The van der Waals surface area contributed by atoms with E-state index in [2.05, 4.69) is 20.4 Å². The van der Waals surface area contributed by atoms with Gasteiger partial charge in [-0.3, -0.25) is 0 Å². The summed E-state index contributed by atoms with van der Waals surface area (Å²) in [5.74, 6) is 1.46. The summed E-state index contributed by atoms with van der Waals surface area (Å²) in [6.45, 7) is 2.42. The van der Waals surface area contributed by atoms with Gasteiger partial charge in [0.15, 0.2) is 5.82 Å². The topological polar surface area (TPSA) is 81.1 Å². The first-order valence-corrected chi connectivity index (χ1v) is 5.51. The Balaban J connectivity index is 2.15. The molecule has 0 unspecified atom stereocenters. The molecular weight excluding hydrogens is 204 g/mol. The Morgan fingerprint density at radius 3 is 3.31 bits per heavy atom. The van der Waals surface area contributed by atoms with E-state index >= 15 is 0 Å². The van der Waals surface area contributed by atoms with Crippen molar-refractivity contribution < 1.29 is 0 Å². The predicted molar refractivity (Wildman–Crippen MR) is 59.0 cm³/mol. The highest BCUT2D eigenvalue weighted by molar-refractivity contribution is 5.34. The number of nitrogens with zero attached hydrogens (tertiary/aromatic N) is 4. The SMILES string of the molecule is NCCc1nc2ncc3c(n2n1)CCNC3. The molecule has 6 nitrogen and oxygen atoms in total. The minimum Gasteiger partial charge on any atom is -0.330 e. The van der Waals surface area contributed by atoms with Gasteiger partial charge in [-0.15, -0.1) is 5.10 Å². The van der Waals surface area contributed by atoms with E-state index in [1.807, 2.05) is 10.7 Å². The molecule has 1 aliphatic rings. The molecule has 0 fully saturated rings. The molecule has 0 bridgehead atoms. The third-order valence-corrected chi connectivity index (χ3v) is 2.82. The molecule has 0 spiro atoms. The van der Waals surface area contributed by atoms with Crippen LogP contribution in [0, 0.1) is 0 Å². The lowest BCUT2D eigenvalue weighted by molar-refractivity contribution is 0.608. The normalized spacial score (nSPS) is 15.3. The molecule has 0 amide bonds. The summed E-state index contributed by atoms with van der Waals surface area (Å²) in [5.41, 5.74) is 7.93. The van der Waals surface area contributed by atoms with Gasteiger partial charge in [-0.25, -0.2) is 9.50 Å². The maximum absolute atomic E-state index is 5.50. The van der Waals surface area contributed by atoms with Crippen molar-refractivity contribution in [2.45, 2.75) is 19.4 Å². The van der Waals surface area contributed by atoms with Crippen molar-refractivity contribution in [1.29, 1.82) is 0 Å². The van der Waals surface area contributed by atoms with Crippen molar-refractivity contribution in [2.75, 3.05) is 13.1 Å². The fraction of sp³-hybridized carbons (Fsp3) is 0.500. The fourth-order valence-corrected chi connectivity index (χ4v) is 2.04. The first-order valence-electron chi connectivity index (χ1n) is 5.51. The van der Waals surface area contributed by atoms with Crippen LogP contribution < -0.4 is 11.1 Å². The van der Waals surface area contributed by atoms with Gasteiger partial charge in [0.25, 0.3) is 5.78 Å². The van der Waals surface area contributed by atoms with Crippen LogP contribution in [-0.4, -0.2) is 32.7 Å². The van der Waals surface area contributed by atoms with Crippen LogP contribution in [0.25, 0.3) is 5.78 Å². The minimum absolute atomic E-state index is 0.570. The van der Waals surface area contributed by atoms with E-state index < -0.39 is 0 Å². The lowest BCUT2D eigenvalue weighted by Crippen LogP contribution is -2.26. The summed E-state index contributed by atoms with van der Waals surface area (Å²) in [7, 11) is 0. The van der Waals surface area contributed by atoms with Crippen LogP contribution in [0.4, 0.5) is 0 Å². The molecule has 3 rings (SSSR count). The van der Waals surface area contributed by atoms with Crippen molar-refractivity contribution in [1.82, 2.24) is 24.9 Å². The molecule has 0 radical (unpaired) electrons. The van der Waals surface area contributed by atoms with Crippen molar-refractivity contribution in [2.24, 2.45) is 5.73 Å². The number of nitrogens with one attached hydrogen (secondary N) is 1. The highest BCUT2D eigenvalue weighted by atomic mass is 15.3. The smallest absolute Gasteiger partial charge is 0.252 e. The van der Waals surface area contributed by atoms with Crippen molar-refractivity contribution in [3.05, 3.63) is 23.3 Å². The maximum atomic E-state index is 5.50. The third-order valence-electron chi connectivity index (χ3n) is 2.82. The summed E-state index contributed by atoms with van der Waals surface area (Å²) < 4.78 is 1.86. The van der Waals surface area contributed by atoms with E-state index in [-0.39, 0.29) is 0 Å². The predicted octanol–water partition coefficient (Wildman–Crippen LogP) is -0.729. The molecule has 0 saturated carbocycles. The molecule has 0 aromatic carbocycles. The first kappa shape index (κ1) is 9.68. The van der Waals surface area contributed by atoms with Gasteiger partial charge in [-0.2, -0.15) is 4.98 Å². The van der Waals surface area contributed by atoms with Gasteiger partial charge in [-0.05, 0) is 6.54 Å². The summed E-state index contributed by atoms with van der Waals surface area (Å²) in [6, 6.07) is 0. The standard InChI is InChI=1S/C10H14N6/c11-3-1-9-14-10-13-6-7-5-12-4-2-8(7)16(10)15-9/h6,12H,1-5,11H2. The van der Waals surface area contributed by atoms with Gasteiger partial charge in [0, 0.05) is 37.7 Å². The van der Waals surface area contributed by atoms with Crippen molar-refractivity contribution in [3.8, 4) is 0 Å². The average molecular weight is 218 g/mol. The molecule has 84 valence electrons. The molecule has 2 aromatic rings. The zero-order valence-corrected chi connectivity index (χ0v) is 8.98. The van der Waals surface area contributed by atoms with Gasteiger partial charge >= 0.3 is 0 Å². The van der Waals surface area contributed by atoms with E-state index in [9.17, 15) is 0 Å². The second kappa shape index (κ2) is 3.80. The largest absolute Gasteiger partial charge is 0.330 e. The van der Waals surface area contributed by atoms with Crippen LogP contribution in [-0.2, 0) is 19.4 Å². The van der Waals surface area contributed by atoms with E-state index in [0.717, 1.165) is 25.3 Å². The minimum atomic E-state index is 0.570. The molecule has 0 saturated heterocycles. The summed E-state index contributed by atoms with van der Waals surface area (Å²) in [4.78, 5) is 8.66. The van der Waals surface area contributed by atoms with Gasteiger partial charge in [-0.1, -0.05) is 0 Å². The van der Waals surface area contributed by atoms with Gasteiger partial charge < -0.3 is 11.1 Å². The van der Waals surface area contributed by atoms with Crippen LogP contribution in [0.15, 0.2) is 6.20 Å². The highest BCUT2D eigenvalue weighted by Crippen LogP contribution is 2.13. The average Bonchev–Trinajstić information content (AvgIpc) is 2.72. The number of fused-ring (bicyclic) bond motifs is 3. The summed E-state index contributed by atoms with van der Waals surface area (Å²) in [6.07, 6.45) is 3.56. The Bertz CT molecular complexity index is 517. The quantitative estimate of drug-likeness (QED) is 0.694. The van der Waals surface area contributed by atoms with Crippen LogP contribution in [0.3, 0.4) is 0 Å². The number of hydrogen-bond acceptors (Lipinski definition) is 5. The van der Waals surface area contributed by atoms with Crippen molar-refractivity contribution >= 4 is 5.78 Å². The molecule has 1 aliphatic heterocycles. The molecule has 3 heterocycles. The Hall–Kier alpha value is -1.53. The maximum Gasteiger partial charge on any atom is 0.252 e. The van der Waals surface area contributed by atoms with E-state index in [1.54, 1.807) is 0 Å². The first-order chi connectivity index (χ1) is 7.88. The van der Waals surface area contributed by atoms with E-state index in [4.69, 9.17) is 5.73 Å². The monoisotopic (exact) mass is 218 g/mol. The number of rotatable bonds is 2. The number of aromatic nitrogens is 4. The molecule has 0 atom stereocenters. The molecule has 6 heteroatoms. The van der Waals surface area contributed by atoms with Gasteiger partial charge in [0.05, 0.1) is 5.69 Å². The molecule has 0 aliphatic carbocycles. The second-order valence-electron chi connectivity index (χ2n) is 3.94. The van der Waals surface area contributed by atoms with Gasteiger partial charge in [0.1, 0.15) is 0 Å². The Morgan fingerprint density at radius 1 is 1.50 bits per heavy atom. The molecule has 2 aromatic heterocycles. The van der Waals surface area contributed by atoms with Crippen molar-refractivity contribution in [3.63, 3.8) is 0 Å². The molecular formula is C10H14N6. The molecule has 3 N–H and O–H groups in total. The van der Waals surface area contributed by atoms with E-state index in [0.29, 0.717) is 18.7 Å². The molecule has 16 heavy (non-hydrogen) atoms. The Kier molecular flexibility index (Phi) is 2.30. The van der Waals surface area contributed by atoms with E-state index in [1.165, 1.54) is 11.3 Å². The van der Waals surface area contributed by atoms with Crippen LogP contribution in [0.5, 0.6) is 0 Å². The second-order valence-corrected chi connectivity index (χ2v) is 3.94. The summed E-state index contributed by atoms with van der Waals surface area (Å²) >= 11 is 0. The highest BCUT2D eigenvalue weighted by Gasteiger charge is 2.15. The lowest BCUT2D eigenvalue weighted by Gasteiger charge is -2.16. The van der Waals surface area contributed by atoms with Crippen LogP contribution in [0.1, 0.15) is 17.1 Å². The van der Waals surface area contributed by atoms with Crippen LogP contribution >= 0.6 is 0 Å². The Morgan fingerprint density at radius 2 is 2.44 bits per heavy atom. The zero-order valence-electron chi connectivity index (χ0n) is 8.98. The van der Waals surface area contributed by atoms with Crippen LogP contribution in [0.2, 0.25) is 0 Å². The Labute approximate surface area is 92.9 Å². The summed E-state index contributed by atoms with van der Waals surface area (Å²) in [5, 5.41) is 7.77. The van der Waals surface area contributed by atoms with Gasteiger partial charge in [0.2, 0.25) is 0 Å². The lowest BCUT2D eigenvalue weighted by atomic mass is 10.1. The number of nitrogens with two attached hydrogens (primary N) is 1. The zero-order chi connectivity index (χ0) is 11.0.